The predicted molar refractivity (Wildman–Crippen MR) is 46.4 cm³/mol. The molecule has 1 unspecified atom stereocenters. The molecular weight excluding hydrogens is 176 g/mol. The lowest BCUT2D eigenvalue weighted by Crippen LogP contribution is -2.50. The van der Waals surface area contributed by atoms with Crippen molar-refractivity contribution in [3.8, 4) is 0 Å². The van der Waals surface area contributed by atoms with Gasteiger partial charge < -0.3 is 5.32 Å². The summed E-state index contributed by atoms with van der Waals surface area (Å²) in [7, 11) is -2.90. The average molecular weight is 190 g/mol. The molecule has 2 atom stereocenters. The fourth-order valence-corrected chi connectivity index (χ4v) is 3.45. The number of sulfonamides is 1. The number of nitrogens with zero attached hydrogens (tertiary/aromatic N) is 1. The van der Waals surface area contributed by atoms with Crippen molar-refractivity contribution in [1.29, 1.82) is 0 Å². The maximum absolute atomic E-state index is 11.5. The number of fused-ring (bicyclic) bond motifs is 2. The van der Waals surface area contributed by atoms with Gasteiger partial charge in [0.25, 0.3) is 0 Å². The maximum atomic E-state index is 11.5. The summed E-state index contributed by atoms with van der Waals surface area (Å²) in [5.74, 6) is 0.338. The fourth-order valence-electron chi connectivity index (χ4n) is 1.88. The standard InChI is InChI=1S/C7H14N2O2S/c10-12(11)5-1-2-7-6-9(12)4-3-8-7/h7-8H,1-6H2/t7-/m1/s1. The molecule has 2 aliphatic rings. The first-order chi connectivity index (χ1) is 5.68. The fraction of sp³-hybridized carbons (Fsp3) is 1.00. The van der Waals surface area contributed by atoms with Crippen molar-refractivity contribution in [1.82, 2.24) is 9.62 Å². The summed E-state index contributed by atoms with van der Waals surface area (Å²) in [6.45, 7) is 2.14. The molecule has 12 heavy (non-hydrogen) atoms. The minimum absolute atomic E-state index is 0.338. The number of piperazine rings is 1. The second kappa shape index (κ2) is 2.97. The Kier molecular flexibility index (Phi) is 2.10. The Labute approximate surface area is 73.0 Å². The van der Waals surface area contributed by atoms with Crippen molar-refractivity contribution in [3.63, 3.8) is 0 Å². The topological polar surface area (TPSA) is 49.4 Å². The second-order valence-electron chi connectivity index (χ2n) is 3.47. The molecule has 2 bridgehead atoms. The highest BCUT2D eigenvalue weighted by atomic mass is 32.2. The van der Waals surface area contributed by atoms with E-state index in [9.17, 15) is 8.42 Å². The zero-order chi connectivity index (χ0) is 8.60. The molecule has 0 amide bonds. The predicted octanol–water partition coefficient (Wildman–Crippen LogP) is -0.616. The molecule has 5 heteroatoms. The molecule has 2 rings (SSSR count). The van der Waals surface area contributed by atoms with Crippen LogP contribution in [0.3, 0.4) is 0 Å². The summed E-state index contributed by atoms with van der Waals surface area (Å²) >= 11 is 0. The lowest BCUT2D eigenvalue weighted by atomic mass is 10.1. The van der Waals surface area contributed by atoms with Crippen LogP contribution in [0.2, 0.25) is 0 Å². The van der Waals surface area contributed by atoms with Crippen LogP contribution in [-0.2, 0) is 10.0 Å². The Hall–Kier alpha value is -0.130. The highest BCUT2D eigenvalue weighted by Gasteiger charge is 2.31. The van der Waals surface area contributed by atoms with Crippen LogP contribution in [0.15, 0.2) is 0 Å². The van der Waals surface area contributed by atoms with E-state index >= 15 is 0 Å². The van der Waals surface area contributed by atoms with Gasteiger partial charge in [-0.2, -0.15) is 4.31 Å². The summed E-state index contributed by atoms with van der Waals surface area (Å²) < 4.78 is 24.6. The molecule has 0 aromatic heterocycles. The van der Waals surface area contributed by atoms with Gasteiger partial charge in [0.1, 0.15) is 0 Å². The molecule has 0 spiro atoms. The average Bonchev–Trinajstić information content (AvgIpc) is 2.12. The summed E-state index contributed by atoms with van der Waals surface area (Å²) in [6, 6.07) is 0.399. The van der Waals surface area contributed by atoms with Crippen LogP contribution in [0.1, 0.15) is 12.8 Å². The van der Waals surface area contributed by atoms with Crippen molar-refractivity contribution in [2.24, 2.45) is 0 Å². The van der Waals surface area contributed by atoms with Gasteiger partial charge in [0.2, 0.25) is 10.0 Å². The first kappa shape index (κ1) is 8.47. The van der Waals surface area contributed by atoms with Crippen LogP contribution in [-0.4, -0.2) is 44.2 Å². The smallest absolute Gasteiger partial charge is 0.214 e. The summed E-state index contributed by atoms with van der Waals surface area (Å²) in [4.78, 5) is 0. The van der Waals surface area contributed by atoms with Crippen molar-refractivity contribution in [3.05, 3.63) is 0 Å². The molecular formula is C7H14N2O2S. The van der Waals surface area contributed by atoms with Gasteiger partial charge in [0, 0.05) is 25.7 Å². The zero-order valence-electron chi connectivity index (χ0n) is 6.99. The van der Waals surface area contributed by atoms with E-state index in [0.717, 1.165) is 19.4 Å². The lowest BCUT2D eigenvalue weighted by molar-refractivity contribution is 0.300. The van der Waals surface area contributed by atoms with Crippen LogP contribution in [0.5, 0.6) is 0 Å². The Morgan fingerprint density at radius 1 is 1.42 bits per heavy atom. The van der Waals surface area contributed by atoms with Crippen molar-refractivity contribution >= 4 is 10.0 Å². The highest BCUT2D eigenvalue weighted by Crippen LogP contribution is 2.16. The van der Waals surface area contributed by atoms with Gasteiger partial charge >= 0.3 is 0 Å². The van der Waals surface area contributed by atoms with Gasteiger partial charge in [0.05, 0.1) is 5.75 Å². The molecule has 0 aromatic carbocycles. The Bertz CT molecular complexity index is 263. The van der Waals surface area contributed by atoms with E-state index in [-0.39, 0.29) is 0 Å². The first-order valence-corrected chi connectivity index (χ1v) is 6.00. The van der Waals surface area contributed by atoms with Crippen LogP contribution in [0.4, 0.5) is 0 Å². The van der Waals surface area contributed by atoms with Gasteiger partial charge in [-0.1, -0.05) is 0 Å². The lowest BCUT2D eigenvalue weighted by Gasteiger charge is -2.29. The Morgan fingerprint density at radius 2 is 2.25 bits per heavy atom. The molecule has 0 radical (unpaired) electrons. The van der Waals surface area contributed by atoms with Crippen LogP contribution in [0, 0.1) is 0 Å². The highest BCUT2D eigenvalue weighted by molar-refractivity contribution is 7.89. The van der Waals surface area contributed by atoms with Gasteiger partial charge in [-0.3, -0.25) is 0 Å². The van der Waals surface area contributed by atoms with Crippen LogP contribution < -0.4 is 5.32 Å². The van der Waals surface area contributed by atoms with E-state index in [0.29, 0.717) is 24.9 Å². The quantitative estimate of drug-likeness (QED) is 0.554. The van der Waals surface area contributed by atoms with E-state index in [1.165, 1.54) is 0 Å². The third-order valence-electron chi connectivity index (χ3n) is 2.57. The molecule has 0 saturated carbocycles. The Morgan fingerprint density at radius 3 is 3.08 bits per heavy atom. The largest absolute Gasteiger partial charge is 0.311 e. The minimum atomic E-state index is -2.90. The normalized spacial score (nSPS) is 40.3. The van der Waals surface area contributed by atoms with E-state index in [1.54, 1.807) is 4.31 Å². The summed E-state index contributed by atoms with van der Waals surface area (Å²) in [5, 5.41) is 3.32. The molecule has 2 fully saturated rings. The minimum Gasteiger partial charge on any atom is -0.311 e. The summed E-state index contributed by atoms with van der Waals surface area (Å²) in [5.41, 5.74) is 0. The molecule has 2 heterocycles. The molecule has 4 nitrogen and oxygen atoms in total. The van der Waals surface area contributed by atoms with Crippen molar-refractivity contribution in [2.45, 2.75) is 18.9 Å². The van der Waals surface area contributed by atoms with Crippen molar-refractivity contribution < 1.29 is 8.42 Å². The third kappa shape index (κ3) is 1.48. The zero-order valence-corrected chi connectivity index (χ0v) is 7.81. The number of nitrogens with one attached hydrogen (secondary N) is 1. The SMILES string of the molecule is O=S1(=O)CCC[C@@H]2CN1CCN2. The molecule has 2 saturated heterocycles. The van der Waals surface area contributed by atoms with E-state index in [1.807, 2.05) is 0 Å². The second-order valence-corrected chi connectivity index (χ2v) is 5.56. The monoisotopic (exact) mass is 190 g/mol. The molecule has 70 valence electrons. The summed E-state index contributed by atoms with van der Waals surface area (Å²) in [6.07, 6.45) is 1.80. The third-order valence-corrected chi connectivity index (χ3v) is 4.49. The van der Waals surface area contributed by atoms with E-state index in [4.69, 9.17) is 0 Å². The maximum Gasteiger partial charge on any atom is 0.214 e. The first-order valence-electron chi connectivity index (χ1n) is 4.40. The van der Waals surface area contributed by atoms with Crippen molar-refractivity contribution in [2.75, 3.05) is 25.4 Å². The number of hydrogen-bond donors (Lipinski definition) is 1. The molecule has 1 N–H and O–H groups in total. The molecule has 0 aromatic rings. The van der Waals surface area contributed by atoms with Crippen LogP contribution in [0.25, 0.3) is 0 Å². The number of rotatable bonds is 0. The van der Waals surface area contributed by atoms with E-state index < -0.39 is 10.0 Å². The molecule has 0 aliphatic carbocycles. The van der Waals surface area contributed by atoms with E-state index in [2.05, 4.69) is 5.32 Å². The van der Waals surface area contributed by atoms with Gasteiger partial charge in [-0.15, -0.1) is 0 Å². The van der Waals surface area contributed by atoms with Crippen LogP contribution >= 0.6 is 0 Å². The number of hydrogen-bond acceptors (Lipinski definition) is 3. The van der Waals surface area contributed by atoms with Gasteiger partial charge in [-0.25, -0.2) is 8.42 Å². The Balaban J connectivity index is 2.22. The molecule has 2 aliphatic heterocycles. The van der Waals surface area contributed by atoms with Gasteiger partial charge in [0.15, 0.2) is 0 Å². The van der Waals surface area contributed by atoms with Gasteiger partial charge in [-0.05, 0) is 12.8 Å².